The molecule has 11 atom stereocenters. The third-order valence-electron chi connectivity index (χ3n) is 13.1. The minimum absolute atomic E-state index is 0.0129. The molecule has 0 radical (unpaired) electrons. The number of phenols is 1. The number of ether oxygens (including phenoxy) is 3. The summed E-state index contributed by atoms with van der Waals surface area (Å²) in [4.78, 5) is 153. The number of esters is 5. The standard InChI is InChI=1S/C15H22N4O5.C14H19N3O4.C10H21N3O3S.C9H11NO3.C6H14N4O2.C6H12N2O4S2.C3H7NO3.C2H5NO2/c16-11(2-1-7-19-15(18)23)14(22)24-10-5-3-9(4-6-10)8-12(17)13(20)21;15-10(6-7-12(17)18)13(19)21-14(20)11(16)8-9-4-2-1-3-5-9;1-17-6-4-8(13)10(15)16-9(14)7(12)3-2-5-11;10-8(9(12)13)5-6-1-3-7(11)4-2-6;7-4(5(11)12)2-1-3-10-6(8)9;7-3(5(9)10)1-13-14-2-4(8)6(11)12;4-2(1-5)3(6)7;3-1-2(4)5/h3-6,11-12H,1-2,7-8,16-17H2,(H,20,21)(H3,18,19,23);1-5,10-11H,6-8,15-16H2,(H2,17,18);7-8H,2-6,11-13H2,1H3;1-4,8,11H,5,10H2,(H,12,13);4H,1-3,7H2,(H,11,12)(H4,8,9,10);3-4H,1-2,7-8H2,(H,9,10)(H,11,12);2,5H,1,4H2,(H,6,7);1,3H2,(H,4,5)/t11-,12-;10-,11-;7-,8-;8-;4-;3-,4?;2-;/m0000000./s1. The maximum Gasteiger partial charge on any atom is 0.330 e. The average Bonchev–Trinajstić information content (AvgIpc) is 0.887. The number of aliphatic hydroxyl groups excluding tert-OH is 1. The third kappa shape index (κ3) is 66.3. The molecule has 44 N–H and O–H groups in total. The number of amides is 3. The normalized spacial score (nSPS) is 13.0. The summed E-state index contributed by atoms with van der Waals surface area (Å²) in [6.45, 7) is 0.412. The number of aliphatic carboxylic acids is 7. The van der Waals surface area contributed by atoms with Crippen molar-refractivity contribution in [1.29, 1.82) is 0 Å². The Hall–Kier alpha value is -10.0. The summed E-state index contributed by atoms with van der Waals surface area (Å²) in [6.07, 6.45) is 5.86. The summed E-state index contributed by atoms with van der Waals surface area (Å²) in [5.41, 5.74) is 91.3. The highest BCUT2D eigenvalue weighted by molar-refractivity contribution is 8.76. The van der Waals surface area contributed by atoms with Gasteiger partial charge in [-0.05, 0) is 130 Å². The van der Waals surface area contributed by atoms with Crippen molar-refractivity contribution in [3.8, 4) is 11.5 Å². The van der Waals surface area contributed by atoms with Gasteiger partial charge in [0.25, 0.3) is 0 Å². The molecule has 3 amide bonds. The van der Waals surface area contributed by atoms with Gasteiger partial charge in [-0.1, -0.05) is 76.2 Å². The number of nitrogens with two attached hydrogens (primary N) is 17. The molecule has 113 heavy (non-hydrogen) atoms. The van der Waals surface area contributed by atoms with Crippen LogP contribution in [-0.4, -0.2) is 258 Å². The van der Waals surface area contributed by atoms with Gasteiger partial charge in [0, 0.05) is 31.0 Å². The second-order valence-electron chi connectivity index (χ2n) is 23.0. The fourth-order valence-corrected chi connectivity index (χ4v) is 9.36. The van der Waals surface area contributed by atoms with E-state index in [0.717, 1.165) is 16.9 Å². The number of carbonyl (C=O) groups excluding carboxylic acids is 7. The van der Waals surface area contributed by atoms with Gasteiger partial charge in [0.1, 0.15) is 78.0 Å². The van der Waals surface area contributed by atoms with E-state index in [1.165, 1.54) is 33.7 Å². The quantitative estimate of drug-likeness (QED) is 0.00477. The van der Waals surface area contributed by atoms with Crippen molar-refractivity contribution < 1.29 is 127 Å². The molecule has 0 spiro atoms. The molecule has 3 aromatic rings. The molecule has 0 saturated carbocycles. The first-order valence-corrected chi connectivity index (χ1v) is 37.3. The summed E-state index contributed by atoms with van der Waals surface area (Å²) >= 11 is 1.57. The molecule has 3 rings (SSSR count). The van der Waals surface area contributed by atoms with Gasteiger partial charge in [-0.2, -0.15) is 11.8 Å². The largest absolute Gasteiger partial charge is 0.508 e. The van der Waals surface area contributed by atoms with Crippen LogP contribution in [0.1, 0.15) is 74.5 Å². The van der Waals surface area contributed by atoms with Gasteiger partial charge in [0.2, 0.25) is 5.91 Å². The molecule has 45 nitrogen and oxygen atoms in total. The minimum Gasteiger partial charge on any atom is -0.508 e. The molecule has 3 aromatic carbocycles. The number of carbonyl (C=O) groups is 14. The van der Waals surface area contributed by atoms with Crippen LogP contribution in [0.5, 0.6) is 11.5 Å². The molecular weight excluding hydrogens is 1560 g/mol. The number of hydrogen-bond acceptors (Lipinski definition) is 36. The lowest BCUT2D eigenvalue weighted by molar-refractivity contribution is -0.163. The number of aliphatic hydroxyl groups is 1. The second kappa shape index (κ2) is 67.7. The maximum absolute atomic E-state index is 11.8. The number of primary amides is 2. The lowest BCUT2D eigenvalue weighted by atomic mass is 10.1. The summed E-state index contributed by atoms with van der Waals surface area (Å²) in [5.74, 6) is -10.1. The highest BCUT2D eigenvalue weighted by Gasteiger charge is 2.26. The van der Waals surface area contributed by atoms with E-state index in [4.69, 9.17) is 142 Å². The second-order valence-corrected chi connectivity index (χ2v) is 26.5. The van der Waals surface area contributed by atoms with Crippen molar-refractivity contribution in [2.24, 2.45) is 102 Å². The molecule has 0 aliphatic carbocycles. The number of aliphatic imine (C=N–C) groups is 1. The van der Waals surface area contributed by atoms with Crippen molar-refractivity contribution >= 4 is 123 Å². The topological polar surface area (TPSA) is 915 Å². The summed E-state index contributed by atoms with van der Waals surface area (Å²) in [5, 5.41) is 77.3. The fraction of sp³-hybridized carbons (Fsp3) is 0.492. The van der Waals surface area contributed by atoms with Gasteiger partial charge in [-0.25, -0.2) is 28.8 Å². The summed E-state index contributed by atoms with van der Waals surface area (Å²) < 4.78 is 14.3. The molecule has 0 bridgehead atoms. The Morgan fingerprint density at radius 3 is 1.19 bits per heavy atom. The third-order valence-corrected chi connectivity index (χ3v) is 16.2. The van der Waals surface area contributed by atoms with Gasteiger partial charge in [0.05, 0.1) is 13.2 Å². The maximum atomic E-state index is 11.8. The van der Waals surface area contributed by atoms with Crippen LogP contribution < -0.4 is 108 Å². The Balaban J connectivity index is -0.000000406. The number of carboxylic acid groups (broad SMARTS) is 7. The average molecular weight is 1670 g/mol. The first kappa shape index (κ1) is 112. The lowest BCUT2D eigenvalue weighted by Crippen LogP contribution is -2.40. The first-order valence-electron chi connectivity index (χ1n) is 33.4. The SMILES string of the molecule is CSCC[C@H](N)C(=O)OC(=O)[C@@H](N)CCCN.NC(=O)CC[C@H](N)C(=O)OC(=O)[C@@H](N)Cc1ccccc1.NC(=O)NCCC[C@H](N)C(=O)Oc1ccc(C[C@H](N)C(=O)O)cc1.NC(CSSC[C@H](N)C(=O)O)C(=O)O.NC(N)=NCCC[C@H](N)C(=O)O.NCC(=O)O.N[C@@H](CO)C(=O)O.N[C@@H](Cc1ccc(O)cc1)C(=O)O. The van der Waals surface area contributed by atoms with Crippen molar-refractivity contribution in [1.82, 2.24) is 5.32 Å². The molecule has 0 heterocycles. The van der Waals surface area contributed by atoms with Crippen LogP contribution in [0, 0.1) is 0 Å². The summed E-state index contributed by atoms with van der Waals surface area (Å²) in [6, 6.07) is 11.0. The molecule has 0 aliphatic rings. The summed E-state index contributed by atoms with van der Waals surface area (Å²) in [7, 11) is 2.41. The van der Waals surface area contributed by atoms with Gasteiger partial charge >= 0.3 is 77.7 Å². The number of urea groups is 1. The number of nitrogens with zero attached hydrogens (tertiary/aromatic N) is 1. The monoisotopic (exact) mass is 1670 g/mol. The molecule has 1 unspecified atom stereocenters. The molecule has 0 fully saturated rings. The minimum atomic E-state index is -1.18. The Morgan fingerprint density at radius 2 is 0.814 bits per heavy atom. The van der Waals surface area contributed by atoms with Crippen LogP contribution in [-0.2, 0) is 91.1 Å². The Bertz CT molecular complexity index is 3280. The molecule has 0 saturated heterocycles. The highest BCUT2D eigenvalue weighted by atomic mass is 33.1. The predicted octanol–water partition coefficient (Wildman–Crippen LogP) is -6.85. The van der Waals surface area contributed by atoms with E-state index >= 15 is 0 Å². The Morgan fingerprint density at radius 1 is 0.442 bits per heavy atom. The van der Waals surface area contributed by atoms with Crippen LogP contribution in [0.4, 0.5) is 4.79 Å². The van der Waals surface area contributed by atoms with Crippen molar-refractivity contribution in [2.75, 3.05) is 56.3 Å². The van der Waals surface area contributed by atoms with E-state index < -0.39 is 157 Å². The van der Waals surface area contributed by atoms with Crippen LogP contribution in [0.15, 0.2) is 83.9 Å². The number of guanidine groups is 1. The Labute approximate surface area is 661 Å². The molecule has 48 heteroatoms. The van der Waals surface area contributed by atoms with Gasteiger partial charge < -0.3 is 163 Å². The number of phenolic OH excluding ortho intramolecular Hbond substituents is 1. The fourth-order valence-electron chi connectivity index (χ4n) is 6.64. The number of aromatic hydroxyl groups is 1. The number of nitrogens with one attached hydrogen (secondary N) is 1. The van der Waals surface area contributed by atoms with E-state index in [0.29, 0.717) is 75.9 Å². The number of thioether (sulfide) groups is 1. The zero-order valence-corrected chi connectivity index (χ0v) is 64.4. The molecule has 640 valence electrons. The van der Waals surface area contributed by atoms with E-state index in [-0.39, 0.29) is 61.9 Å². The van der Waals surface area contributed by atoms with Gasteiger partial charge in [0.15, 0.2) is 5.96 Å². The first-order chi connectivity index (χ1) is 52.7. The molecule has 0 aromatic heterocycles. The number of rotatable bonds is 42. The zero-order chi connectivity index (χ0) is 87.9. The van der Waals surface area contributed by atoms with Crippen molar-refractivity contribution in [2.45, 2.75) is 144 Å². The van der Waals surface area contributed by atoms with Crippen molar-refractivity contribution in [3.05, 3.63) is 95.6 Å². The zero-order valence-electron chi connectivity index (χ0n) is 62.0. The number of hydrogen-bond donors (Lipinski definition) is 27. The number of benzene rings is 3. The van der Waals surface area contributed by atoms with Crippen molar-refractivity contribution in [3.63, 3.8) is 0 Å². The van der Waals surface area contributed by atoms with Crippen LogP contribution in [0.25, 0.3) is 0 Å². The van der Waals surface area contributed by atoms with Crippen LogP contribution >= 0.6 is 33.3 Å². The van der Waals surface area contributed by atoms with E-state index in [2.05, 4.69) is 25.5 Å². The van der Waals surface area contributed by atoms with E-state index in [1.807, 2.05) is 36.6 Å². The van der Waals surface area contributed by atoms with Crippen LogP contribution in [0.3, 0.4) is 0 Å². The van der Waals surface area contributed by atoms with Crippen LogP contribution in [0.2, 0.25) is 0 Å². The van der Waals surface area contributed by atoms with Gasteiger partial charge in [-0.3, -0.25) is 43.3 Å². The highest BCUT2D eigenvalue weighted by Crippen LogP contribution is 2.22. The van der Waals surface area contributed by atoms with E-state index in [1.54, 1.807) is 48.2 Å². The predicted molar refractivity (Wildman–Crippen MR) is 419 cm³/mol. The smallest absolute Gasteiger partial charge is 0.330 e. The van der Waals surface area contributed by atoms with E-state index in [9.17, 15) is 67.1 Å². The molecule has 0 aliphatic heterocycles. The number of carboxylic acids is 7. The lowest BCUT2D eigenvalue weighted by Gasteiger charge is -2.13. The Kier molecular flexibility index (Phi) is 66.8. The molecular formula is C65H111N19O26S3. The van der Waals surface area contributed by atoms with Gasteiger partial charge in [-0.15, -0.1) is 0 Å².